The van der Waals surface area contributed by atoms with Crippen LogP contribution in [-0.4, -0.2) is 12.7 Å². The fraction of sp³-hybridized carbons (Fsp3) is 0.143. The van der Waals surface area contributed by atoms with Gasteiger partial charge in [0.1, 0.15) is 0 Å². The first kappa shape index (κ1) is 11.4. The highest BCUT2D eigenvalue weighted by atomic mass is 32.2. The Morgan fingerprint density at radius 3 is 2.56 bits per heavy atom. The molecule has 2 aromatic rings. The Balaban J connectivity index is 1.95. The molecule has 18 heavy (non-hydrogen) atoms. The maximum atomic E-state index is 12.3. The molecule has 0 aromatic heterocycles. The lowest BCUT2D eigenvalue weighted by Gasteiger charge is -2.26. The smallest absolute Gasteiger partial charge is 0.207 e. The molecule has 3 nitrogen and oxygen atoms in total. The summed E-state index contributed by atoms with van der Waals surface area (Å²) in [5.74, 6) is 0. The third kappa shape index (κ3) is 1.94. The van der Waals surface area contributed by atoms with Crippen LogP contribution in [0.25, 0.3) is 0 Å². The number of benzene rings is 2. The minimum absolute atomic E-state index is 0.391. The summed E-state index contributed by atoms with van der Waals surface area (Å²) < 4.78 is 26.1. The minimum Gasteiger partial charge on any atom is -0.207 e. The van der Waals surface area contributed by atoms with E-state index in [1.807, 2.05) is 36.4 Å². The van der Waals surface area contributed by atoms with Gasteiger partial charge in [-0.2, -0.15) is 4.31 Å². The fourth-order valence-corrected chi connectivity index (χ4v) is 3.66. The van der Waals surface area contributed by atoms with Gasteiger partial charge in [0, 0.05) is 13.1 Å². The van der Waals surface area contributed by atoms with Crippen LogP contribution in [0.3, 0.4) is 0 Å². The first-order chi connectivity index (χ1) is 8.66. The molecule has 0 N–H and O–H groups in total. The Morgan fingerprint density at radius 2 is 1.78 bits per heavy atom. The third-order valence-corrected chi connectivity index (χ3v) is 4.88. The van der Waals surface area contributed by atoms with Gasteiger partial charge in [0.25, 0.3) is 0 Å². The van der Waals surface area contributed by atoms with Gasteiger partial charge in [-0.25, -0.2) is 8.42 Å². The van der Waals surface area contributed by atoms with E-state index in [1.54, 1.807) is 18.2 Å². The standard InChI is InChI=1S/C14H13NO2S/c16-18(17)14-8-4-7-13(9-14)11-15(18)10-12-5-2-1-3-6-12/h1-9H,10-11H2. The van der Waals surface area contributed by atoms with Gasteiger partial charge in [0.05, 0.1) is 4.90 Å². The number of hydrogen-bond donors (Lipinski definition) is 0. The fourth-order valence-electron chi connectivity index (χ4n) is 2.17. The lowest BCUT2D eigenvalue weighted by molar-refractivity contribution is 0.394. The second kappa shape index (κ2) is 4.23. The molecule has 2 bridgehead atoms. The van der Waals surface area contributed by atoms with E-state index < -0.39 is 10.0 Å². The zero-order valence-corrected chi connectivity index (χ0v) is 10.6. The predicted molar refractivity (Wildman–Crippen MR) is 69.3 cm³/mol. The number of fused-ring (bicyclic) bond motifs is 2. The van der Waals surface area contributed by atoms with Crippen molar-refractivity contribution in [3.05, 3.63) is 65.7 Å². The highest BCUT2D eigenvalue weighted by Crippen LogP contribution is 2.26. The van der Waals surface area contributed by atoms with E-state index >= 15 is 0 Å². The zero-order valence-electron chi connectivity index (χ0n) is 9.78. The monoisotopic (exact) mass is 259 g/mol. The molecule has 2 aromatic carbocycles. The van der Waals surface area contributed by atoms with Crippen molar-refractivity contribution in [1.82, 2.24) is 4.31 Å². The van der Waals surface area contributed by atoms with Crippen molar-refractivity contribution in [3.8, 4) is 0 Å². The topological polar surface area (TPSA) is 37.4 Å². The van der Waals surface area contributed by atoms with E-state index in [4.69, 9.17) is 0 Å². The van der Waals surface area contributed by atoms with Crippen molar-refractivity contribution in [3.63, 3.8) is 0 Å². The van der Waals surface area contributed by atoms with Gasteiger partial charge in [-0.3, -0.25) is 0 Å². The SMILES string of the molecule is O=S1(=O)c2cccc(c2)CN1Cc1ccccc1. The van der Waals surface area contributed by atoms with E-state index in [0.717, 1.165) is 11.1 Å². The quantitative estimate of drug-likeness (QED) is 0.830. The van der Waals surface area contributed by atoms with E-state index in [-0.39, 0.29) is 0 Å². The molecule has 1 heterocycles. The van der Waals surface area contributed by atoms with Gasteiger partial charge in [-0.15, -0.1) is 0 Å². The molecule has 0 fully saturated rings. The van der Waals surface area contributed by atoms with Crippen molar-refractivity contribution < 1.29 is 8.42 Å². The van der Waals surface area contributed by atoms with Crippen LogP contribution in [0.5, 0.6) is 0 Å². The molecule has 4 heteroatoms. The molecular formula is C14H13NO2S. The largest absolute Gasteiger partial charge is 0.243 e. The van der Waals surface area contributed by atoms with Crippen LogP contribution in [-0.2, 0) is 23.1 Å². The summed E-state index contributed by atoms with van der Waals surface area (Å²) in [6, 6.07) is 16.8. The van der Waals surface area contributed by atoms with Crippen LogP contribution in [0.15, 0.2) is 59.5 Å². The molecule has 0 saturated heterocycles. The second-order valence-electron chi connectivity index (χ2n) is 4.41. The van der Waals surface area contributed by atoms with Crippen LogP contribution in [0.4, 0.5) is 0 Å². The van der Waals surface area contributed by atoms with Crippen molar-refractivity contribution in [2.75, 3.05) is 0 Å². The van der Waals surface area contributed by atoms with Crippen LogP contribution < -0.4 is 0 Å². The molecule has 0 spiro atoms. The molecule has 0 saturated carbocycles. The average Bonchev–Trinajstić information content (AvgIpc) is 2.38. The van der Waals surface area contributed by atoms with Crippen LogP contribution in [0, 0.1) is 0 Å². The van der Waals surface area contributed by atoms with E-state index in [9.17, 15) is 8.42 Å². The average molecular weight is 259 g/mol. The Bertz CT molecular complexity index is 665. The molecule has 1 aliphatic rings. The molecule has 3 rings (SSSR count). The van der Waals surface area contributed by atoms with E-state index in [2.05, 4.69) is 0 Å². The maximum Gasteiger partial charge on any atom is 0.243 e. The normalized spacial score (nSPS) is 17.6. The van der Waals surface area contributed by atoms with Gasteiger partial charge < -0.3 is 0 Å². The lowest BCUT2D eigenvalue weighted by Crippen LogP contribution is -2.33. The van der Waals surface area contributed by atoms with Gasteiger partial charge in [0.2, 0.25) is 10.0 Å². The van der Waals surface area contributed by atoms with Crippen molar-refractivity contribution in [2.24, 2.45) is 0 Å². The highest BCUT2D eigenvalue weighted by molar-refractivity contribution is 7.89. The van der Waals surface area contributed by atoms with Gasteiger partial charge >= 0.3 is 0 Å². The zero-order chi connectivity index (χ0) is 12.6. The van der Waals surface area contributed by atoms with Crippen molar-refractivity contribution >= 4 is 10.0 Å². The van der Waals surface area contributed by atoms with E-state index in [1.165, 1.54) is 4.31 Å². The first-order valence-corrected chi connectivity index (χ1v) is 7.23. The maximum absolute atomic E-state index is 12.3. The van der Waals surface area contributed by atoms with Gasteiger partial charge in [0.15, 0.2) is 0 Å². The van der Waals surface area contributed by atoms with Crippen LogP contribution >= 0.6 is 0 Å². The molecule has 0 unspecified atom stereocenters. The second-order valence-corrected chi connectivity index (χ2v) is 6.34. The van der Waals surface area contributed by atoms with Crippen molar-refractivity contribution in [2.45, 2.75) is 18.0 Å². The Morgan fingerprint density at radius 1 is 1.00 bits per heavy atom. The van der Waals surface area contributed by atoms with E-state index in [0.29, 0.717) is 18.0 Å². The molecule has 0 aliphatic carbocycles. The van der Waals surface area contributed by atoms with Gasteiger partial charge in [-0.1, -0.05) is 42.5 Å². The Labute approximate surface area is 107 Å². The molecule has 1 aliphatic heterocycles. The number of sulfonamides is 1. The van der Waals surface area contributed by atoms with Gasteiger partial charge in [-0.05, 0) is 23.3 Å². The molecule has 0 amide bonds. The highest BCUT2D eigenvalue weighted by Gasteiger charge is 2.28. The summed E-state index contributed by atoms with van der Waals surface area (Å²) >= 11 is 0. The first-order valence-electron chi connectivity index (χ1n) is 5.79. The molecule has 0 atom stereocenters. The predicted octanol–water partition coefficient (Wildman–Crippen LogP) is 2.39. The number of rotatable bonds is 2. The summed E-state index contributed by atoms with van der Waals surface area (Å²) in [4.78, 5) is 0.391. The Kier molecular flexibility index (Phi) is 2.69. The summed E-state index contributed by atoms with van der Waals surface area (Å²) in [6.07, 6.45) is 0. The summed E-state index contributed by atoms with van der Waals surface area (Å²) in [7, 11) is -3.33. The van der Waals surface area contributed by atoms with Crippen molar-refractivity contribution in [1.29, 1.82) is 0 Å². The molecule has 0 radical (unpaired) electrons. The Hall–Kier alpha value is -1.65. The molecular weight excluding hydrogens is 246 g/mol. The summed E-state index contributed by atoms with van der Waals surface area (Å²) in [5, 5.41) is 0. The van der Waals surface area contributed by atoms with Crippen LogP contribution in [0.1, 0.15) is 11.1 Å². The third-order valence-electron chi connectivity index (χ3n) is 3.10. The number of hydrogen-bond acceptors (Lipinski definition) is 2. The summed E-state index contributed by atoms with van der Waals surface area (Å²) in [6.45, 7) is 0.872. The minimum atomic E-state index is -3.33. The summed E-state index contributed by atoms with van der Waals surface area (Å²) in [5.41, 5.74) is 2.05. The van der Waals surface area contributed by atoms with Crippen LogP contribution in [0.2, 0.25) is 0 Å². The number of nitrogens with zero attached hydrogens (tertiary/aromatic N) is 1. The molecule has 92 valence electrons. The lowest BCUT2D eigenvalue weighted by atomic mass is 10.2.